The van der Waals surface area contributed by atoms with Gasteiger partial charge in [-0.3, -0.25) is 4.90 Å². The average molecular weight is 276 g/mol. The van der Waals surface area contributed by atoms with Crippen LogP contribution in [0.1, 0.15) is 55.7 Å². The van der Waals surface area contributed by atoms with Gasteiger partial charge in [0.2, 0.25) is 0 Å². The van der Waals surface area contributed by atoms with Crippen LogP contribution in [0.2, 0.25) is 0 Å². The van der Waals surface area contributed by atoms with Crippen molar-refractivity contribution in [1.82, 2.24) is 10.2 Å². The van der Waals surface area contributed by atoms with E-state index in [0.717, 1.165) is 17.4 Å². The van der Waals surface area contributed by atoms with E-state index < -0.39 is 0 Å². The molecule has 1 aliphatic heterocycles. The highest BCUT2D eigenvalue weighted by Gasteiger charge is 2.30. The van der Waals surface area contributed by atoms with Crippen LogP contribution < -0.4 is 5.32 Å². The van der Waals surface area contributed by atoms with Crippen LogP contribution in [0.25, 0.3) is 0 Å². The topological polar surface area (TPSA) is 28.4 Å². The van der Waals surface area contributed by atoms with Gasteiger partial charge in [-0.2, -0.15) is 0 Å². The Morgan fingerprint density at radius 3 is 2.65 bits per heavy atom. The fraction of sp³-hybridized carbons (Fsp3) is 0.765. The van der Waals surface area contributed by atoms with Gasteiger partial charge in [0.1, 0.15) is 11.5 Å². The van der Waals surface area contributed by atoms with Crippen LogP contribution in [0.15, 0.2) is 10.5 Å². The SMILES string of the molecule is Cc1cc(C(C)N(CC2CC2)CC2CCCN2)c(C)o1. The first kappa shape index (κ1) is 14.2. The number of furan rings is 1. The lowest BCUT2D eigenvalue weighted by molar-refractivity contribution is 0.183. The summed E-state index contributed by atoms with van der Waals surface area (Å²) in [6.45, 7) is 10.1. The normalized spacial score (nSPS) is 24.5. The Balaban J connectivity index is 1.70. The summed E-state index contributed by atoms with van der Waals surface area (Å²) >= 11 is 0. The van der Waals surface area contributed by atoms with Crippen LogP contribution in [0.5, 0.6) is 0 Å². The minimum Gasteiger partial charge on any atom is -0.466 e. The fourth-order valence-corrected chi connectivity index (χ4v) is 3.48. The van der Waals surface area contributed by atoms with E-state index in [0.29, 0.717) is 12.1 Å². The van der Waals surface area contributed by atoms with Gasteiger partial charge in [0, 0.05) is 30.7 Å². The Bertz CT molecular complexity index is 444. The standard InChI is InChI=1S/C17H28N2O/c1-12-9-17(14(3)20-12)13(2)19(10-15-6-7-15)11-16-5-4-8-18-16/h9,13,15-16,18H,4-8,10-11H2,1-3H3. The monoisotopic (exact) mass is 276 g/mol. The predicted molar refractivity (Wildman–Crippen MR) is 81.9 cm³/mol. The third-order valence-corrected chi connectivity index (χ3v) is 4.88. The first-order valence-electron chi connectivity index (χ1n) is 8.18. The van der Waals surface area contributed by atoms with Crippen molar-refractivity contribution >= 4 is 0 Å². The molecule has 1 N–H and O–H groups in total. The second-order valence-corrected chi connectivity index (χ2v) is 6.74. The van der Waals surface area contributed by atoms with E-state index in [2.05, 4.69) is 30.1 Å². The number of nitrogens with one attached hydrogen (secondary N) is 1. The Morgan fingerprint density at radius 2 is 2.10 bits per heavy atom. The van der Waals surface area contributed by atoms with Gasteiger partial charge in [0.25, 0.3) is 0 Å². The van der Waals surface area contributed by atoms with Crippen LogP contribution in [-0.2, 0) is 0 Å². The molecule has 20 heavy (non-hydrogen) atoms. The number of hydrogen-bond acceptors (Lipinski definition) is 3. The zero-order chi connectivity index (χ0) is 14.1. The summed E-state index contributed by atoms with van der Waals surface area (Å²) in [6.07, 6.45) is 5.51. The first-order chi connectivity index (χ1) is 9.63. The Kier molecular flexibility index (Phi) is 4.18. The lowest BCUT2D eigenvalue weighted by atomic mass is 10.1. The van der Waals surface area contributed by atoms with Gasteiger partial charge < -0.3 is 9.73 Å². The van der Waals surface area contributed by atoms with Crippen molar-refractivity contribution in [2.45, 2.75) is 58.5 Å². The van der Waals surface area contributed by atoms with Crippen molar-refractivity contribution < 1.29 is 4.42 Å². The second-order valence-electron chi connectivity index (χ2n) is 6.74. The maximum absolute atomic E-state index is 5.73. The van der Waals surface area contributed by atoms with E-state index in [1.807, 2.05) is 6.92 Å². The lowest BCUT2D eigenvalue weighted by Gasteiger charge is -2.31. The van der Waals surface area contributed by atoms with Crippen LogP contribution in [0.4, 0.5) is 0 Å². The molecule has 2 heterocycles. The first-order valence-corrected chi connectivity index (χ1v) is 8.18. The zero-order valence-corrected chi connectivity index (χ0v) is 13.1. The molecule has 3 rings (SSSR count). The van der Waals surface area contributed by atoms with E-state index in [-0.39, 0.29) is 0 Å². The molecular weight excluding hydrogens is 248 g/mol. The number of aryl methyl sites for hydroxylation is 2. The minimum absolute atomic E-state index is 0.468. The molecule has 2 aliphatic rings. The van der Waals surface area contributed by atoms with Gasteiger partial charge >= 0.3 is 0 Å². The average Bonchev–Trinajstić information content (AvgIpc) is 2.94. The van der Waals surface area contributed by atoms with Crippen molar-refractivity contribution in [1.29, 1.82) is 0 Å². The summed E-state index contributed by atoms with van der Waals surface area (Å²) in [7, 11) is 0. The van der Waals surface area contributed by atoms with Crippen LogP contribution in [0, 0.1) is 19.8 Å². The minimum atomic E-state index is 0.468. The third kappa shape index (κ3) is 3.26. The van der Waals surface area contributed by atoms with Gasteiger partial charge in [-0.15, -0.1) is 0 Å². The Hall–Kier alpha value is -0.800. The highest BCUT2D eigenvalue weighted by molar-refractivity contribution is 5.23. The summed E-state index contributed by atoms with van der Waals surface area (Å²) in [4.78, 5) is 2.68. The summed E-state index contributed by atoms with van der Waals surface area (Å²) in [5.41, 5.74) is 1.38. The molecule has 0 radical (unpaired) electrons. The number of hydrogen-bond donors (Lipinski definition) is 1. The van der Waals surface area contributed by atoms with Crippen molar-refractivity contribution in [3.8, 4) is 0 Å². The number of nitrogens with zero attached hydrogens (tertiary/aromatic N) is 1. The molecule has 0 amide bonds. The van der Waals surface area contributed by atoms with E-state index in [1.165, 1.54) is 50.9 Å². The maximum atomic E-state index is 5.73. The van der Waals surface area contributed by atoms with Crippen LogP contribution in [-0.4, -0.2) is 30.6 Å². The molecule has 2 unspecified atom stereocenters. The van der Waals surface area contributed by atoms with Gasteiger partial charge in [0.15, 0.2) is 0 Å². The highest BCUT2D eigenvalue weighted by Crippen LogP contribution is 2.34. The third-order valence-electron chi connectivity index (χ3n) is 4.88. The second kappa shape index (κ2) is 5.90. The Labute approximate surface area is 122 Å². The summed E-state index contributed by atoms with van der Waals surface area (Å²) in [5.74, 6) is 3.07. The Morgan fingerprint density at radius 1 is 1.30 bits per heavy atom. The fourth-order valence-electron chi connectivity index (χ4n) is 3.48. The molecule has 2 atom stereocenters. The quantitative estimate of drug-likeness (QED) is 0.863. The molecule has 3 nitrogen and oxygen atoms in total. The van der Waals surface area contributed by atoms with E-state index in [9.17, 15) is 0 Å². The van der Waals surface area contributed by atoms with Crippen molar-refractivity contribution in [2.75, 3.05) is 19.6 Å². The largest absolute Gasteiger partial charge is 0.466 e. The van der Waals surface area contributed by atoms with Gasteiger partial charge in [-0.25, -0.2) is 0 Å². The molecule has 1 aromatic heterocycles. The zero-order valence-electron chi connectivity index (χ0n) is 13.1. The van der Waals surface area contributed by atoms with E-state index >= 15 is 0 Å². The lowest BCUT2D eigenvalue weighted by Crippen LogP contribution is -2.40. The van der Waals surface area contributed by atoms with E-state index in [4.69, 9.17) is 4.42 Å². The molecular formula is C17H28N2O. The molecule has 0 spiro atoms. The smallest absolute Gasteiger partial charge is 0.105 e. The summed E-state index contributed by atoms with van der Waals surface area (Å²) < 4.78 is 5.73. The van der Waals surface area contributed by atoms with Crippen molar-refractivity contribution in [2.24, 2.45) is 5.92 Å². The summed E-state index contributed by atoms with van der Waals surface area (Å²) in [6, 6.07) is 3.38. The summed E-state index contributed by atoms with van der Waals surface area (Å²) in [5, 5.41) is 3.64. The van der Waals surface area contributed by atoms with Crippen molar-refractivity contribution in [3.05, 3.63) is 23.2 Å². The molecule has 112 valence electrons. The van der Waals surface area contributed by atoms with Crippen molar-refractivity contribution in [3.63, 3.8) is 0 Å². The molecule has 0 bridgehead atoms. The van der Waals surface area contributed by atoms with Crippen LogP contribution in [0.3, 0.4) is 0 Å². The van der Waals surface area contributed by atoms with E-state index in [1.54, 1.807) is 0 Å². The number of rotatable bonds is 6. The van der Waals surface area contributed by atoms with Gasteiger partial charge in [-0.05, 0) is 65.0 Å². The molecule has 1 aliphatic carbocycles. The molecule has 1 saturated heterocycles. The van der Waals surface area contributed by atoms with Crippen LogP contribution >= 0.6 is 0 Å². The maximum Gasteiger partial charge on any atom is 0.105 e. The molecule has 1 aromatic rings. The molecule has 2 fully saturated rings. The van der Waals surface area contributed by atoms with Gasteiger partial charge in [-0.1, -0.05) is 0 Å². The molecule has 3 heteroatoms. The molecule has 0 aromatic carbocycles. The van der Waals surface area contributed by atoms with Gasteiger partial charge in [0.05, 0.1) is 0 Å². The highest BCUT2D eigenvalue weighted by atomic mass is 16.3. The molecule has 1 saturated carbocycles. The predicted octanol–water partition coefficient (Wildman–Crippen LogP) is 3.42.